The van der Waals surface area contributed by atoms with E-state index in [-0.39, 0.29) is 23.9 Å². The highest BCUT2D eigenvalue weighted by atomic mass is 79.9. The molecule has 0 aliphatic heterocycles. The molecule has 1 aliphatic carbocycles. The van der Waals surface area contributed by atoms with Crippen molar-refractivity contribution in [2.75, 3.05) is 6.54 Å². The SMILES string of the molecule is CC(CN)(NC(=O)CCc1cc(Br)cs1)C1CC1.Cl. The second kappa shape index (κ2) is 7.07. The highest BCUT2D eigenvalue weighted by Gasteiger charge is 2.41. The summed E-state index contributed by atoms with van der Waals surface area (Å²) >= 11 is 5.10. The van der Waals surface area contributed by atoms with Crippen LogP contribution >= 0.6 is 39.7 Å². The Morgan fingerprint density at radius 2 is 2.32 bits per heavy atom. The lowest BCUT2D eigenvalue weighted by Crippen LogP contribution is -2.53. The van der Waals surface area contributed by atoms with Gasteiger partial charge in [-0.1, -0.05) is 0 Å². The van der Waals surface area contributed by atoms with Gasteiger partial charge in [0.25, 0.3) is 0 Å². The largest absolute Gasteiger partial charge is 0.349 e. The molecule has 1 fully saturated rings. The molecule has 1 atom stereocenters. The van der Waals surface area contributed by atoms with Gasteiger partial charge in [-0.2, -0.15) is 0 Å². The molecular formula is C13H20BrClN2OS. The van der Waals surface area contributed by atoms with Gasteiger partial charge < -0.3 is 11.1 Å². The van der Waals surface area contributed by atoms with Crippen molar-refractivity contribution in [2.45, 2.75) is 38.1 Å². The molecule has 19 heavy (non-hydrogen) atoms. The van der Waals surface area contributed by atoms with Crippen molar-refractivity contribution in [1.82, 2.24) is 5.32 Å². The van der Waals surface area contributed by atoms with Gasteiger partial charge in [0, 0.05) is 27.7 Å². The van der Waals surface area contributed by atoms with Crippen LogP contribution in [0.15, 0.2) is 15.9 Å². The minimum absolute atomic E-state index is 0. The zero-order valence-corrected chi connectivity index (χ0v) is 14.2. The number of carbonyl (C=O) groups is 1. The van der Waals surface area contributed by atoms with Crippen molar-refractivity contribution in [2.24, 2.45) is 11.7 Å². The van der Waals surface area contributed by atoms with Gasteiger partial charge >= 0.3 is 0 Å². The lowest BCUT2D eigenvalue weighted by atomic mass is 9.95. The molecule has 0 bridgehead atoms. The van der Waals surface area contributed by atoms with E-state index in [1.54, 1.807) is 11.3 Å². The number of aryl methyl sites for hydroxylation is 1. The van der Waals surface area contributed by atoms with Gasteiger partial charge in [-0.15, -0.1) is 23.7 Å². The fourth-order valence-corrected chi connectivity index (χ4v) is 3.60. The van der Waals surface area contributed by atoms with Crippen LogP contribution in [0.2, 0.25) is 0 Å². The smallest absolute Gasteiger partial charge is 0.220 e. The Morgan fingerprint density at radius 1 is 1.63 bits per heavy atom. The number of carbonyl (C=O) groups excluding carboxylic acids is 1. The van der Waals surface area contributed by atoms with Crippen molar-refractivity contribution in [3.63, 3.8) is 0 Å². The number of nitrogens with two attached hydrogens (primary N) is 1. The minimum atomic E-state index is -0.201. The van der Waals surface area contributed by atoms with Crippen LogP contribution in [0.25, 0.3) is 0 Å². The van der Waals surface area contributed by atoms with Crippen molar-refractivity contribution in [1.29, 1.82) is 0 Å². The normalized spacial score (nSPS) is 17.4. The van der Waals surface area contributed by atoms with Crippen molar-refractivity contribution in [3.8, 4) is 0 Å². The Labute approximate surface area is 132 Å². The Balaban J connectivity index is 0.00000180. The molecule has 1 heterocycles. The van der Waals surface area contributed by atoms with Crippen LogP contribution in [0.4, 0.5) is 0 Å². The highest BCUT2D eigenvalue weighted by molar-refractivity contribution is 9.10. The fourth-order valence-electron chi connectivity index (χ4n) is 2.14. The lowest BCUT2D eigenvalue weighted by molar-refractivity contribution is -0.123. The predicted octanol–water partition coefficient (Wildman–Crippen LogP) is 3.11. The lowest BCUT2D eigenvalue weighted by Gasteiger charge is -2.29. The average Bonchev–Trinajstić information content (AvgIpc) is 3.11. The van der Waals surface area contributed by atoms with Crippen LogP contribution < -0.4 is 11.1 Å². The van der Waals surface area contributed by atoms with Crippen LogP contribution in [-0.4, -0.2) is 18.0 Å². The van der Waals surface area contributed by atoms with E-state index in [1.165, 1.54) is 17.7 Å². The Hall–Kier alpha value is -0.100. The number of rotatable bonds is 6. The summed E-state index contributed by atoms with van der Waals surface area (Å²) in [6, 6.07) is 2.07. The summed E-state index contributed by atoms with van der Waals surface area (Å²) in [5.74, 6) is 0.682. The molecule has 2 rings (SSSR count). The molecule has 1 aromatic heterocycles. The maximum Gasteiger partial charge on any atom is 0.220 e. The van der Waals surface area contributed by atoms with Gasteiger partial charge in [-0.3, -0.25) is 4.79 Å². The van der Waals surface area contributed by atoms with Crippen molar-refractivity contribution < 1.29 is 4.79 Å². The molecular weight excluding hydrogens is 348 g/mol. The highest BCUT2D eigenvalue weighted by Crippen LogP contribution is 2.39. The number of thiophene rings is 1. The van der Waals surface area contributed by atoms with Crippen LogP contribution in [0.5, 0.6) is 0 Å². The van der Waals surface area contributed by atoms with E-state index >= 15 is 0 Å². The summed E-state index contributed by atoms with van der Waals surface area (Å²) in [6.45, 7) is 2.58. The van der Waals surface area contributed by atoms with Crippen LogP contribution in [0, 0.1) is 5.92 Å². The van der Waals surface area contributed by atoms with E-state index < -0.39 is 0 Å². The Morgan fingerprint density at radius 3 is 2.79 bits per heavy atom. The van der Waals surface area contributed by atoms with Crippen LogP contribution in [0.3, 0.4) is 0 Å². The van der Waals surface area contributed by atoms with Crippen LogP contribution in [-0.2, 0) is 11.2 Å². The second-order valence-corrected chi connectivity index (χ2v) is 7.09. The zero-order chi connectivity index (χ0) is 13.2. The molecule has 1 unspecified atom stereocenters. The van der Waals surface area contributed by atoms with E-state index in [2.05, 4.69) is 34.2 Å². The molecule has 1 saturated carbocycles. The summed E-state index contributed by atoms with van der Waals surface area (Å²) in [5.41, 5.74) is 5.59. The zero-order valence-electron chi connectivity index (χ0n) is 10.9. The maximum absolute atomic E-state index is 12.0. The van der Waals surface area contributed by atoms with E-state index in [9.17, 15) is 4.79 Å². The quantitative estimate of drug-likeness (QED) is 0.811. The molecule has 3 N–H and O–H groups in total. The first-order valence-corrected chi connectivity index (χ1v) is 7.95. The molecule has 108 valence electrons. The summed E-state index contributed by atoms with van der Waals surface area (Å²) in [6.07, 6.45) is 3.71. The maximum atomic E-state index is 12.0. The molecule has 6 heteroatoms. The van der Waals surface area contributed by atoms with Gasteiger partial charge in [0.1, 0.15) is 0 Å². The van der Waals surface area contributed by atoms with Crippen LogP contribution in [0.1, 0.15) is 31.1 Å². The van der Waals surface area contributed by atoms with Gasteiger partial charge in [-0.25, -0.2) is 0 Å². The molecule has 0 saturated heterocycles. The monoisotopic (exact) mass is 366 g/mol. The number of hydrogen-bond acceptors (Lipinski definition) is 3. The number of amides is 1. The molecule has 0 aromatic carbocycles. The van der Waals surface area contributed by atoms with E-state index in [1.807, 2.05) is 5.38 Å². The average molecular weight is 368 g/mol. The topological polar surface area (TPSA) is 55.1 Å². The summed E-state index contributed by atoms with van der Waals surface area (Å²) in [5, 5.41) is 5.15. The van der Waals surface area contributed by atoms with Crippen molar-refractivity contribution in [3.05, 3.63) is 20.8 Å². The molecule has 0 spiro atoms. The third kappa shape index (κ3) is 4.74. The van der Waals surface area contributed by atoms with E-state index in [0.29, 0.717) is 18.9 Å². The molecule has 0 radical (unpaired) electrons. The van der Waals surface area contributed by atoms with Gasteiger partial charge in [-0.05, 0) is 54.1 Å². The Kier molecular flexibility index (Phi) is 6.30. The van der Waals surface area contributed by atoms with Gasteiger partial charge in [0.2, 0.25) is 5.91 Å². The molecule has 3 nitrogen and oxygen atoms in total. The third-order valence-corrected chi connectivity index (χ3v) is 5.31. The van der Waals surface area contributed by atoms with Gasteiger partial charge in [0.05, 0.1) is 5.54 Å². The molecule has 1 amide bonds. The van der Waals surface area contributed by atoms with E-state index in [4.69, 9.17) is 5.73 Å². The number of hydrogen-bond donors (Lipinski definition) is 2. The summed E-state index contributed by atoms with van der Waals surface area (Å²) in [7, 11) is 0. The predicted molar refractivity (Wildman–Crippen MR) is 85.9 cm³/mol. The second-order valence-electron chi connectivity index (χ2n) is 5.18. The van der Waals surface area contributed by atoms with Crippen molar-refractivity contribution >= 4 is 45.6 Å². The Bertz CT molecular complexity index is 436. The van der Waals surface area contributed by atoms with E-state index in [0.717, 1.165) is 10.9 Å². The molecule has 1 aromatic rings. The number of halogens is 2. The number of nitrogens with one attached hydrogen (secondary N) is 1. The van der Waals surface area contributed by atoms with Gasteiger partial charge in [0.15, 0.2) is 0 Å². The third-order valence-electron chi connectivity index (χ3n) is 3.55. The fraction of sp³-hybridized carbons (Fsp3) is 0.615. The first kappa shape index (κ1) is 17.0. The standard InChI is InChI=1S/C13H19BrN2OS.ClH/c1-13(8-15,9-2-3-9)16-12(17)5-4-11-6-10(14)7-18-11;/h6-7,9H,2-5,8,15H2,1H3,(H,16,17);1H. The first-order valence-electron chi connectivity index (χ1n) is 6.27. The first-order chi connectivity index (χ1) is 8.53. The molecule has 1 aliphatic rings. The summed E-state index contributed by atoms with van der Waals surface area (Å²) in [4.78, 5) is 13.2. The summed E-state index contributed by atoms with van der Waals surface area (Å²) < 4.78 is 1.09. The minimum Gasteiger partial charge on any atom is -0.349 e.